The zero-order chi connectivity index (χ0) is 14.3. The molecule has 1 aromatic rings. The van der Waals surface area contributed by atoms with Crippen LogP contribution in [0.15, 0.2) is 30.3 Å². The van der Waals surface area contributed by atoms with Crippen LogP contribution in [0.5, 0.6) is 0 Å². The van der Waals surface area contributed by atoms with E-state index in [1.54, 1.807) is 11.9 Å². The molecule has 0 bridgehead atoms. The van der Waals surface area contributed by atoms with Crippen molar-refractivity contribution in [3.8, 4) is 0 Å². The van der Waals surface area contributed by atoms with E-state index in [1.807, 2.05) is 37.3 Å². The number of likely N-dealkylation sites (N-methyl/N-ethyl adjacent to an activating group) is 1. The molecule has 0 fully saturated rings. The van der Waals surface area contributed by atoms with Gasteiger partial charge in [0.15, 0.2) is 0 Å². The summed E-state index contributed by atoms with van der Waals surface area (Å²) in [4.78, 5) is 24.9. The first-order chi connectivity index (χ1) is 9.06. The fourth-order valence-electron chi connectivity index (χ4n) is 1.91. The van der Waals surface area contributed by atoms with Crippen LogP contribution in [0.1, 0.15) is 24.9 Å². The zero-order valence-corrected chi connectivity index (χ0v) is 11.4. The molecule has 19 heavy (non-hydrogen) atoms. The largest absolute Gasteiger partial charge is 0.368 e. The number of hydrogen-bond acceptors (Lipinski definition) is 3. The SMILES string of the molecule is CCCNC(=O)CN(C)C(C(N)=O)c1ccccc1. The Morgan fingerprint density at radius 1 is 1.32 bits per heavy atom. The minimum absolute atomic E-state index is 0.105. The summed E-state index contributed by atoms with van der Waals surface area (Å²) >= 11 is 0. The van der Waals surface area contributed by atoms with E-state index in [-0.39, 0.29) is 12.5 Å². The Morgan fingerprint density at radius 3 is 2.47 bits per heavy atom. The molecular formula is C14H21N3O2. The minimum Gasteiger partial charge on any atom is -0.368 e. The summed E-state index contributed by atoms with van der Waals surface area (Å²) < 4.78 is 0. The van der Waals surface area contributed by atoms with Crippen molar-refractivity contribution >= 4 is 11.8 Å². The normalized spacial score (nSPS) is 12.2. The van der Waals surface area contributed by atoms with Crippen molar-refractivity contribution in [3.63, 3.8) is 0 Å². The number of nitrogens with two attached hydrogens (primary N) is 1. The molecule has 3 N–H and O–H groups in total. The van der Waals surface area contributed by atoms with Gasteiger partial charge in [-0.2, -0.15) is 0 Å². The molecule has 0 aliphatic carbocycles. The third-order valence-corrected chi connectivity index (χ3v) is 2.79. The fourth-order valence-corrected chi connectivity index (χ4v) is 1.91. The van der Waals surface area contributed by atoms with Crippen LogP contribution in [-0.4, -0.2) is 36.9 Å². The highest BCUT2D eigenvalue weighted by molar-refractivity contribution is 5.83. The van der Waals surface area contributed by atoms with Gasteiger partial charge in [-0.25, -0.2) is 0 Å². The van der Waals surface area contributed by atoms with Crippen LogP contribution >= 0.6 is 0 Å². The Morgan fingerprint density at radius 2 is 1.95 bits per heavy atom. The van der Waals surface area contributed by atoms with Crippen LogP contribution in [0.25, 0.3) is 0 Å². The van der Waals surface area contributed by atoms with E-state index in [0.717, 1.165) is 12.0 Å². The lowest BCUT2D eigenvalue weighted by Crippen LogP contribution is -2.41. The maximum Gasteiger partial charge on any atom is 0.239 e. The first kappa shape index (κ1) is 15.2. The second kappa shape index (κ2) is 7.53. The highest BCUT2D eigenvalue weighted by Crippen LogP contribution is 2.18. The van der Waals surface area contributed by atoms with E-state index >= 15 is 0 Å². The molecule has 0 saturated heterocycles. The van der Waals surface area contributed by atoms with Crippen LogP contribution in [0, 0.1) is 0 Å². The van der Waals surface area contributed by atoms with Crippen LogP contribution in [0.3, 0.4) is 0 Å². The van der Waals surface area contributed by atoms with E-state index < -0.39 is 11.9 Å². The van der Waals surface area contributed by atoms with Gasteiger partial charge in [0, 0.05) is 6.54 Å². The molecule has 1 rings (SSSR count). The third kappa shape index (κ3) is 4.71. The van der Waals surface area contributed by atoms with Gasteiger partial charge in [0.1, 0.15) is 6.04 Å². The number of carbonyl (C=O) groups is 2. The molecule has 104 valence electrons. The molecule has 0 aliphatic rings. The van der Waals surface area contributed by atoms with Gasteiger partial charge in [-0.15, -0.1) is 0 Å². The molecule has 5 nitrogen and oxygen atoms in total. The van der Waals surface area contributed by atoms with Crippen molar-refractivity contribution < 1.29 is 9.59 Å². The highest BCUT2D eigenvalue weighted by Gasteiger charge is 2.23. The molecule has 2 amide bonds. The van der Waals surface area contributed by atoms with Gasteiger partial charge in [0.25, 0.3) is 0 Å². The summed E-state index contributed by atoms with van der Waals surface area (Å²) in [7, 11) is 1.72. The molecular weight excluding hydrogens is 242 g/mol. The minimum atomic E-state index is -0.589. The monoisotopic (exact) mass is 263 g/mol. The van der Waals surface area contributed by atoms with E-state index in [9.17, 15) is 9.59 Å². The second-order valence-corrected chi connectivity index (χ2v) is 4.48. The van der Waals surface area contributed by atoms with Crippen molar-refractivity contribution in [2.75, 3.05) is 20.1 Å². The Hall–Kier alpha value is -1.88. The van der Waals surface area contributed by atoms with Gasteiger partial charge in [-0.3, -0.25) is 14.5 Å². The predicted molar refractivity (Wildman–Crippen MR) is 74.3 cm³/mol. The van der Waals surface area contributed by atoms with Crippen molar-refractivity contribution in [1.82, 2.24) is 10.2 Å². The van der Waals surface area contributed by atoms with Crippen molar-refractivity contribution in [3.05, 3.63) is 35.9 Å². The summed E-state index contributed by atoms with van der Waals surface area (Å²) in [5.74, 6) is -0.566. The van der Waals surface area contributed by atoms with Crippen molar-refractivity contribution in [2.24, 2.45) is 5.73 Å². The van der Waals surface area contributed by atoms with E-state index in [1.165, 1.54) is 0 Å². The number of nitrogens with one attached hydrogen (secondary N) is 1. The predicted octanol–water partition coefficient (Wildman–Crippen LogP) is 0.671. The topological polar surface area (TPSA) is 75.4 Å². The molecule has 0 aromatic heterocycles. The molecule has 1 aromatic carbocycles. The van der Waals surface area contributed by atoms with Gasteiger partial charge < -0.3 is 11.1 Å². The molecule has 0 aliphatic heterocycles. The average molecular weight is 263 g/mol. The van der Waals surface area contributed by atoms with Gasteiger partial charge >= 0.3 is 0 Å². The third-order valence-electron chi connectivity index (χ3n) is 2.79. The lowest BCUT2D eigenvalue weighted by molar-refractivity contribution is -0.126. The maximum atomic E-state index is 11.7. The number of carbonyl (C=O) groups excluding carboxylic acids is 2. The quantitative estimate of drug-likeness (QED) is 0.759. The Balaban J connectivity index is 2.72. The molecule has 1 atom stereocenters. The Bertz CT molecular complexity index is 420. The molecule has 0 radical (unpaired) electrons. The number of benzene rings is 1. The molecule has 5 heteroatoms. The number of rotatable bonds is 7. The van der Waals surface area contributed by atoms with Gasteiger partial charge in [0.05, 0.1) is 6.54 Å². The smallest absolute Gasteiger partial charge is 0.239 e. The first-order valence-corrected chi connectivity index (χ1v) is 6.37. The fraction of sp³-hybridized carbons (Fsp3) is 0.429. The second-order valence-electron chi connectivity index (χ2n) is 4.48. The summed E-state index contributed by atoms with van der Waals surface area (Å²) in [6, 6.07) is 8.63. The molecule has 1 unspecified atom stereocenters. The van der Waals surface area contributed by atoms with Gasteiger partial charge in [0.2, 0.25) is 11.8 Å². The number of nitrogens with zero attached hydrogens (tertiary/aromatic N) is 1. The van der Waals surface area contributed by atoms with Crippen LogP contribution in [0.2, 0.25) is 0 Å². The summed E-state index contributed by atoms with van der Waals surface area (Å²) in [6.45, 7) is 2.77. The van der Waals surface area contributed by atoms with Crippen LogP contribution in [0.4, 0.5) is 0 Å². The Kier molecular flexibility index (Phi) is 6.02. The number of primary amides is 1. The van der Waals surface area contributed by atoms with Crippen LogP contribution in [-0.2, 0) is 9.59 Å². The van der Waals surface area contributed by atoms with Crippen molar-refractivity contribution in [1.29, 1.82) is 0 Å². The lowest BCUT2D eigenvalue weighted by Gasteiger charge is -2.25. The summed E-state index contributed by atoms with van der Waals surface area (Å²) in [5, 5.41) is 2.78. The van der Waals surface area contributed by atoms with E-state index in [4.69, 9.17) is 5.73 Å². The maximum absolute atomic E-state index is 11.7. The Labute approximate surface area is 113 Å². The number of hydrogen-bond donors (Lipinski definition) is 2. The van der Waals surface area contributed by atoms with E-state index in [2.05, 4.69) is 5.32 Å². The number of amides is 2. The first-order valence-electron chi connectivity index (χ1n) is 6.37. The molecule has 0 spiro atoms. The summed E-state index contributed by atoms with van der Waals surface area (Å²) in [6.07, 6.45) is 0.882. The molecule has 0 heterocycles. The average Bonchev–Trinajstić information content (AvgIpc) is 2.37. The van der Waals surface area contributed by atoms with Crippen molar-refractivity contribution in [2.45, 2.75) is 19.4 Å². The van der Waals surface area contributed by atoms with Gasteiger partial charge in [-0.05, 0) is 19.0 Å². The zero-order valence-electron chi connectivity index (χ0n) is 11.4. The van der Waals surface area contributed by atoms with E-state index in [0.29, 0.717) is 6.54 Å². The van der Waals surface area contributed by atoms with Crippen LogP contribution < -0.4 is 11.1 Å². The summed E-state index contributed by atoms with van der Waals surface area (Å²) in [5.41, 5.74) is 6.23. The highest BCUT2D eigenvalue weighted by atomic mass is 16.2. The standard InChI is InChI=1S/C14H21N3O2/c1-3-9-16-12(18)10-17(2)13(14(15)19)11-7-5-4-6-8-11/h4-8,13H,3,9-10H2,1-2H3,(H2,15,19)(H,16,18). The lowest BCUT2D eigenvalue weighted by atomic mass is 10.1. The van der Waals surface area contributed by atoms with Gasteiger partial charge in [-0.1, -0.05) is 37.3 Å². The molecule has 0 saturated carbocycles.